The zero-order chi connectivity index (χ0) is 44.7. The molecule has 2 aromatic carbocycles. The fourth-order valence-corrected chi connectivity index (χ4v) is 7.50. The van der Waals surface area contributed by atoms with Crippen molar-refractivity contribution in [1.82, 2.24) is 10.6 Å². The van der Waals surface area contributed by atoms with Crippen LogP contribution < -0.4 is 10.6 Å². The van der Waals surface area contributed by atoms with E-state index in [9.17, 15) is 29.7 Å². The highest BCUT2D eigenvalue weighted by atomic mass is 32.2. The molecule has 0 saturated carbocycles. The Kier molecular flexibility index (Phi) is 28.1. The quantitative estimate of drug-likeness (QED) is 0.0479. The molecule has 350 valence electrons. The van der Waals surface area contributed by atoms with Crippen LogP contribution in [0.2, 0.25) is 0 Å². The molecule has 0 bridgehead atoms. The molecule has 0 spiro atoms. The van der Waals surface area contributed by atoms with Gasteiger partial charge < -0.3 is 59.1 Å². The normalized spacial score (nSPS) is 19.8. The lowest BCUT2D eigenvalue weighted by atomic mass is 9.88. The lowest BCUT2D eigenvalue weighted by Gasteiger charge is -2.46. The topological polar surface area (TPSA) is 201 Å². The van der Waals surface area contributed by atoms with Gasteiger partial charge in [-0.05, 0) is 41.9 Å². The van der Waals surface area contributed by atoms with Crippen LogP contribution in [0.4, 0.5) is 0 Å². The predicted octanol–water partition coefficient (Wildman–Crippen LogP) is 4.33. The second kappa shape index (κ2) is 32.6. The Hall–Kier alpha value is -3.00. The molecule has 1 heterocycles. The number of carbonyl (C=O) groups is 3. The Bertz CT molecular complexity index is 1480. The van der Waals surface area contributed by atoms with E-state index in [2.05, 4.69) is 17.6 Å². The number of thioether (sulfide) groups is 1. The largest absolute Gasteiger partial charge is 0.391 e. The molecule has 15 nitrogen and oxygen atoms in total. The first-order chi connectivity index (χ1) is 30.2. The van der Waals surface area contributed by atoms with E-state index < -0.39 is 48.1 Å². The molecule has 3 rings (SSSR count). The standard InChI is InChI=1S/C46H72N2O13S/c1-3-4-5-6-7-8-12-20-55-22-23-56-24-25-57-26-27-58-28-29-59-30-32-62-31-13-21-60-46(35-49)33-40(51)42(48-36(2)50)44(61-46)43(53)41(52)34-47-45(54)39-18-16-38(17-19-39)37-14-10-9-11-15-37/h9-11,14-19,35,40-44,51-53H,3-8,12-13,20-34H2,1-2H3,(H,47,54)(H,48,50)/t40-,41+,42+,43+,44+,46+/m0/s1. The number of nitrogens with one attached hydrogen (secondary N) is 2. The summed E-state index contributed by atoms with van der Waals surface area (Å²) in [7, 11) is 0. The number of unbranched alkanes of at least 4 members (excludes halogenated alkanes) is 6. The molecule has 0 unspecified atom stereocenters. The molecule has 2 amide bonds. The van der Waals surface area contributed by atoms with Gasteiger partial charge in [-0.15, -0.1) is 0 Å². The average Bonchev–Trinajstić information content (AvgIpc) is 3.28. The van der Waals surface area contributed by atoms with Crippen molar-refractivity contribution in [2.75, 3.05) is 90.7 Å². The number of carbonyl (C=O) groups excluding carboxylic acids is 3. The fraction of sp³-hybridized carbons (Fsp3) is 0.674. The fourth-order valence-electron chi connectivity index (χ4n) is 6.74. The summed E-state index contributed by atoms with van der Waals surface area (Å²) in [6.07, 6.45) is 3.44. The highest BCUT2D eigenvalue weighted by Crippen LogP contribution is 2.32. The first-order valence-corrected chi connectivity index (χ1v) is 23.3. The van der Waals surface area contributed by atoms with Crippen molar-refractivity contribution in [2.24, 2.45) is 0 Å². The van der Waals surface area contributed by atoms with Crippen LogP contribution in [0.3, 0.4) is 0 Å². The Morgan fingerprint density at radius 2 is 1.32 bits per heavy atom. The monoisotopic (exact) mass is 892 g/mol. The second-order valence-electron chi connectivity index (χ2n) is 15.2. The first kappa shape index (κ1) is 53.3. The predicted molar refractivity (Wildman–Crippen MR) is 238 cm³/mol. The minimum absolute atomic E-state index is 0.102. The summed E-state index contributed by atoms with van der Waals surface area (Å²) < 4.78 is 39.7. The minimum Gasteiger partial charge on any atom is -0.391 e. The molecule has 1 saturated heterocycles. The molecule has 1 aliphatic heterocycles. The molecule has 1 aliphatic rings. The van der Waals surface area contributed by atoms with Gasteiger partial charge in [-0.2, -0.15) is 11.8 Å². The van der Waals surface area contributed by atoms with Gasteiger partial charge in [-0.1, -0.05) is 87.9 Å². The van der Waals surface area contributed by atoms with Crippen molar-refractivity contribution in [2.45, 2.75) is 108 Å². The summed E-state index contributed by atoms with van der Waals surface area (Å²) in [6.45, 7) is 8.61. The number of benzene rings is 2. The van der Waals surface area contributed by atoms with Gasteiger partial charge in [0, 0.05) is 37.8 Å². The highest BCUT2D eigenvalue weighted by molar-refractivity contribution is 7.99. The maximum absolute atomic E-state index is 12.9. The van der Waals surface area contributed by atoms with Crippen LogP contribution >= 0.6 is 11.8 Å². The number of aliphatic hydroxyl groups excluding tert-OH is 3. The van der Waals surface area contributed by atoms with Crippen molar-refractivity contribution < 1.29 is 62.9 Å². The van der Waals surface area contributed by atoms with E-state index in [-0.39, 0.29) is 19.6 Å². The van der Waals surface area contributed by atoms with E-state index in [1.807, 2.05) is 42.5 Å². The van der Waals surface area contributed by atoms with Crippen molar-refractivity contribution in [1.29, 1.82) is 0 Å². The van der Waals surface area contributed by atoms with Crippen molar-refractivity contribution in [3.8, 4) is 11.1 Å². The van der Waals surface area contributed by atoms with Crippen molar-refractivity contribution in [3.63, 3.8) is 0 Å². The summed E-state index contributed by atoms with van der Waals surface area (Å²) in [5.74, 6) is -1.50. The Morgan fingerprint density at radius 1 is 0.758 bits per heavy atom. The van der Waals surface area contributed by atoms with E-state index in [4.69, 9.17) is 33.2 Å². The summed E-state index contributed by atoms with van der Waals surface area (Å²) >= 11 is 1.64. The van der Waals surface area contributed by atoms with E-state index in [0.29, 0.717) is 83.5 Å². The molecule has 1 fully saturated rings. The Balaban J connectivity index is 1.23. The molecule has 0 aliphatic carbocycles. The number of hydrogen-bond donors (Lipinski definition) is 5. The van der Waals surface area contributed by atoms with Gasteiger partial charge in [-0.3, -0.25) is 14.4 Å². The van der Waals surface area contributed by atoms with Crippen molar-refractivity contribution >= 4 is 29.9 Å². The molecule has 0 radical (unpaired) electrons. The maximum atomic E-state index is 12.9. The second-order valence-corrected chi connectivity index (χ2v) is 16.4. The third-order valence-electron chi connectivity index (χ3n) is 10.1. The molecule has 0 aromatic heterocycles. The lowest BCUT2D eigenvalue weighted by molar-refractivity contribution is -0.296. The summed E-state index contributed by atoms with van der Waals surface area (Å²) in [5, 5.41) is 38.3. The van der Waals surface area contributed by atoms with Gasteiger partial charge in [0.2, 0.25) is 11.7 Å². The van der Waals surface area contributed by atoms with Crippen LogP contribution in [0.5, 0.6) is 0 Å². The third kappa shape index (κ3) is 21.6. The maximum Gasteiger partial charge on any atom is 0.251 e. The lowest BCUT2D eigenvalue weighted by Crippen LogP contribution is -2.66. The number of ether oxygens (including phenoxy) is 7. The molecule has 62 heavy (non-hydrogen) atoms. The van der Waals surface area contributed by atoms with E-state index in [0.717, 1.165) is 29.9 Å². The van der Waals surface area contributed by atoms with Crippen LogP contribution in [0.25, 0.3) is 11.1 Å². The van der Waals surface area contributed by atoms with Gasteiger partial charge in [0.1, 0.15) is 12.2 Å². The first-order valence-electron chi connectivity index (χ1n) is 22.2. The highest BCUT2D eigenvalue weighted by Gasteiger charge is 2.51. The van der Waals surface area contributed by atoms with Gasteiger partial charge in [0.25, 0.3) is 5.91 Å². The van der Waals surface area contributed by atoms with Crippen LogP contribution in [-0.2, 0) is 42.7 Å². The zero-order valence-corrected chi connectivity index (χ0v) is 37.6. The molecule has 16 heteroatoms. The average molecular weight is 893 g/mol. The summed E-state index contributed by atoms with van der Waals surface area (Å²) in [5.41, 5.74) is 2.27. The van der Waals surface area contributed by atoms with Gasteiger partial charge in [0.15, 0.2) is 6.29 Å². The van der Waals surface area contributed by atoms with Crippen LogP contribution in [-0.4, -0.2) is 160 Å². The van der Waals surface area contributed by atoms with Gasteiger partial charge in [0.05, 0.1) is 84.3 Å². The smallest absolute Gasteiger partial charge is 0.251 e. The van der Waals surface area contributed by atoms with E-state index in [1.54, 1.807) is 23.9 Å². The zero-order valence-electron chi connectivity index (χ0n) is 36.8. The van der Waals surface area contributed by atoms with Gasteiger partial charge >= 0.3 is 0 Å². The third-order valence-corrected chi connectivity index (χ3v) is 11.2. The summed E-state index contributed by atoms with van der Waals surface area (Å²) in [4.78, 5) is 37.2. The molecule has 6 atom stereocenters. The Morgan fingerprint density at radius 3 is 1.92 bits per heavy atom. The number of amides is 2. The van der Waals surface area contributed by atoms with E-state index >= 15 is 0 Å². The number of aliphatic hydroxyl groups is 3. The number of hydrogen-bond acceptors (Lipinski definition) is 14. The van der Waals surface area contributed by atoms with Crippen LogP contribution in [0.1, 0.15) is 82.0 Å². The molecular weight excluding hydrogens is 821 g/mol. The number of aldehydes is 1. The van der Waals surface area contributed by atoms with Crippen LogP contribution in [0.15, 0.2) is 54.6 Å². The number of rotatable bonds is 36. The van der Waals surface area contributed by atoms with E-state index in [1.165, 1.54) is 45.4 Å². The SMILES string of the molecule is CCCCCCCCCOCCOCCOCCOCCOCCSCCCO[C@]1(C=O)C[C@H](O)[C@@H](NC(C)=O)[C@H]([C@H](O)[C@H](O)CNC(=O)c2ccc(-c3ccccc3)cc2)O1. The molecular formula is C46H72N2O13S. The van der Waals surface area contributed by atoms with Gasteiger partial charge in [-0.25, -0.2) is 0 Å². The Labute approximate surface area is 372 Å². The van der Waals surface area contributed by atoms with Crippen molar-refractivity contribution in [3.05, 3.63) is 60.2 Å². The molecule has 5 N–H and O–H groups in total. The minimum atomic E-state index is -1.93. The summed E-state index contributed by atoms with van der Waals surface area (Å²) in [6, 6.07) is 15.4. The molecule has 2 aromatic rings. The van der Waals surface area contributed by atoms with Crippen LogP contribution in [0, 0.1) is 0 Å².